The van der Waals surface area contributed by atoms with E-state index in [0.717, 1.165) is 37.6 Å². The van der Waals surface area contributed by atoms with Crippen LogP contribution in [0.15, 0.2) is 18.2 Å². The van der Waals surface area contributed by atoms with Gasteiger partial charge in [0.15, 0.2) is 0 Å². The van der Waals surface area contributed by atoms with Gasteiger partial charge in [0.25, 0.3) is 0 Å². The number of anilines is 1. The van der Waals surface area contributed by atoms with Gasteiger partial charge in [0.05, 0.1) is 13.2 Å². The molecule has 0 aliphatic carbocycles. The molecule has 2 unspecified atom stereocenters. The molecule has 19 heavy (non-hydrogen) atoms. The van der Waals surface area contributed by atoms with E-state index in [4.69, 9.17) is 4.74 Å². The number of morpholine rings is 1. The molecule has 0 aromatic heterocycles. The predicted molar refractivity (Wildman–Crippen MR) is 76.1 cm³/mol. The predicted octanol–water partition coefficient (Wildman–Crippen LogP) is 2.72. The van der Waals surface area contributed by atoms with Crippen LogP contribution >= 0.6 is 0 Å². The summed E-state index contributed by atoms with van der Waals surface area (Å²) in [5.74, 6) is -0.176. The summed E-state index contributed by atoms with van der Waals surface area (Å²) >= 11 is 0. The smallest absolute Gasteiger partial charge is 0.123 e. The first kappa shape index (κ1) is 14.3. The highest BCUT2D eigenvalue weighted by atomic mass is 19.1. The minimum atomic E-state index is -0.176. The molecular formula is C15H23FN2O. The third-order valence-electron chi connectivity index (χ3n) is 3.64. The molecular weight excluding hydrogens is 243 g/mol. The van der Waals surface area contributed by atoms with Gasteiger partial charge in [-0.3, -0.25) is 0 Å². The zero-order valence-electron chi connectivity index (χ0n) is 11.9. The van der Waals surface area contributed by atoms with Crippen molar-refractivity contribution in [3.05, 3.63) is 29.6 Å². The normalized spacial score (nSPS) is 21.5. The highest BCUT2D eigenvalue weighted by Crippen LogP contribution is 2.29. The van der Waals surface area contributed by atoms with Crippen molar-refractivity contribution in [2.24, 2.45) is 0 Å². The minimum absolute atomic E-state index is 0.144. The standard InChI is InChI=1S/C15H23FN2O/c1-4-17-12(3)14-9-13(16)5-6-15(14)18-7-8-19-10-11(18)2/h5-6,9,11-12,17H,4,7-8,10H2,1-3H3. The molecule has 0 bridgehead atoms. The molecule has 2 atom stereocenters. The Morgan fingerprint density at radius 3 is 3.00 bits per heavy atom. The maximum Gasteiger partial charge on any atom is 0.123 e. The Morgan fingerprint density at radius 2 is 2.32 bits per heavy atom. The van der Waals surface area contributed by atoms with Gasteiger partial charge in [-0.2, -0.15) is 0 Å². The summed E-state index contributed by atoms with van der Waals surface area (Å²) in [6.45, 7) is 9.47. The van der Waals surface area contributed by atoms with Crippen LogP contribution in [0.3, 0.4) is 0 Å². The van der Waals surface area contributed by atoms with Crippen molar-refractivity contribution in [2.45, 2.75) is 32.9 Å². The summed E-state index contributed by atoms with van der Waals surface area (Å²) in [6.07, 6.45) is 0. The van der Waals surface area contributed by atoms with Gasteiger partial charge in [0.2, 0.25) is 0 Å². The maximum atomic E-state index is 13.5. The van der Waals surface area contributed by atoms with Gasteiger partial charge >= 0.3 is 0 Å². The molecule has 1 aliphatic heterocycles. The lowest BCUT2D eigenvalue weighted by Gasteiger charge is -2.37. The van der Waals surface area contributed by atoms with E-state index in [1.165, 1.54) is 0 Å². The molecule has 2 rings (SSSR count). The van der Waals surface area contributed by atoms with E-state index in [1.54, 1.807) is 12.1 Å². The van der Waals surface area contributed by atoms with E-state index in [2.05, 4.69) is 31.0 Å². The molecule has 1 aliphatic rings. The number of nitrogens with zero attached hydrogens (tertiary/aromatic N) is 1. The molecule has 0 spiro atoms. The third-order valence-corrected chi connectivity index (χ3v) is 3.64. The second kappa shape index (κ2) is 6.35. The van der Waals surface area contributed by atoms with Gasteiger partial charge in [0, 0.05) is 24.3 Å². The van der Waals surface area contributed by atoms with E-state index in [-0.39, 0.29) is 11.9 Å². The van der Waals surface area contributed by atoms with E-state index >= 15 is 0 Å². The minimum Gasteiger partial charge on any atom is -0.377 e. The van der Waals surface area contributed by atoms with Crippen LogP contribution in [0.1, 0.15) is 32.4 Å². The van der Waals surface area contributed by atoms with Crippen LogP contribution in [0.25, 0.3) is 0 Å². The summed E-state index contributed by atoms with van der Waals surface area (Å²) in [5, 5.41) is 3.36. The molecule has 3 nitrogen and oxygen atoms in total. The van der Waals surface area contributed by atoms with Crippen molar-refractivity contribution in [3.63, 3.8) is 0 Å². The van der Waals surface area contributed by atoms with Gasteiger partial charge < -0.3 is 15.0 Å². The summed E-state index contributed by atoms with van der Waals surface area (Å²) in [4.78, 5) is 2.31. The average molecular weight is 266 g/mol. The molecule has 1 fully saturated rings. The Labute approximate surface area is 114 Å². The number of hydrogen-bond donors (Lipinski definition) is 1. The molecule has 4 heteroatoms. The largest absolute Gasteiger partial charge is 0.377 e. The van der Waals surface area contributed by atoms with E-state index in [0.29, 0.717) is 6.04 Å². The zero-order chi connectivity index (χ0) is 13.8. The van der Waals surface area contributed by atoms with Crippen LogP contribution < -0.4 is 10.2 Å². The number of ether oxygens (including phenoxy) is 1. The monoisotopic (exact) mass is 266 g/mol. The molecule has 0 radical (unpaired) electrons. The summed E-state index contributed by atoms with van der Waals surface area (Å²) in [5.41, 5.74) is 2.14. The number of halogens is 1. The Balaban J connectivity index is 2.32. The molecule has 1 aromatic carbocycles. The van der Waals surface area contributed by atoms with E-state index in [1.807, 2.05) is 6.07 Å². The molecule has 1 aromatic rings. The number of benzene rings is 1. The quantitative estimate of drug-likeness (QED) is 0.907. The fourth-order valence-corrected chi connectivity index (χ4v) is 2.63. The lowest BCUT2D eigenvalue weighted by atomic mass is 10.0. The second-order valence-electron chi connectivity index (χ2n) is 5.10. The van der Waals surface area contributed by atoms with Crippen molar-refractivity contribution in [1.29, 1.82) is 0 Å². The van der Waals surface area contributed by atoms with Crippen LogP contribution in [0.5, 0.6) is 0 Å². The SMILES string of the molecule is CCNC(C)c1cc(F)ccc1N1CCOCC1C. The van der Waals surface area contributed by atoms with Gasteiger partial charge in [-0.25, -0.2) is 4.39 Å². The van der Waals surface area contributed by atoms with Crippen LogP contribution in [0, 0.1) is 5.82 Å². The maximum absolute atomic E-state index is 13.5. The molecule has 1 saturated heterocycles. The van der Waals surface area contributed by atoms with Crippen molar-refractivity contribution in [3.8, 4) is 0 Å². The molecule has 1 heterocycles. The topological polar surface area (TPSA) is 24.5 Å². The summed E-state index contributed by atoms with van der Waals surface area (Å²) in [7, 11) is 0. The fourth-order valence-electron chi connectivity index (χ4n) is 2.63. The summed E-state index contributed by atoms with van der Waals surface area (Å²) in [6, 6.07) is 5.54. The fraction of sp³-hybridized carbons (Fsp3) is 0.600. The Hall–Kier alpha value is -1.13. The molecule has 0 amide bonds. The number of nitrogens with one attached hydrogen (secondary N) is 1. The van der Waals surface area contributed by atoms with E-state index in [9.17, 15) is 4.39 Å². The Morgan fingerprint density at radius 1 is 1.53 bits per heavy atom. The van der Waals surface area contributed by atoms with Crippen LogP contribution in [-0.2, 0) is 4.74 Å². The zero-order valence-corrected chi connectivity index (χ0v) is 11.9. The van der Waals surface area contributed by atoms with E-state index < -0.39 is 0 Å². The lowest BCUT2D eigenvalue weighted by Crippen LogP contribution is -2.44. The van der Waals surface area contributed by atoms with Gasteiger partial charge in [-0.1, -0.05) is 6.92 Å². The van der Waals surface area contributed by atoms with Gasteiger partial charge in [-0.15, -0.1) is 0 Å². The first-order valence-electron chi connectivity index (χ1n) is 7.00. The second-order valence-corrected chi connectivity index (χ2v) is 5.10. The number of hydrogen-bond acceptors (Lipinski definition) is 3. The summed E-state index contributed by atoms with van der Waals surface area (Å²) < 4.78 is 19.0. The lowest BCUT2D eigenvalue weighted by molar-refractivity contribution is 0.0988. The van der Waals surface area contributed by atoms with Crippen LogP contribution in [-0.4, -0.2) is 32.3 Å². The average Bonchev–Trinajstić information content (AvgIpc) is 2.40. The van der Waals surface area contributed by atoms with Gasteiger partial charge in [-0.05, 0) is 44.2 Å². The Bertz CT molecular complexity index is 425. The van der Waals surface area contributed by atoms with Crippen LogP contribution in [0.4, 0.5) is 10.1 Å². The van der Waals surface area contributed by atoms with Gasteiger partial charge in [0.1, 0.15) is 5.82 Å². The van der Waals surface area contributed by atoms with Crippen LogP contribution in [0.2, 0.25) is 0 Å². The first-order valence-corrected chi connectivity index (χ1v) is 7.00. The van der Waals surface area contributed by atoms with Crippen molar-refractivity contribution < 1.29 is 9.13 Å². The molecule has 0 saturated carbocycles. The Kier molecular flexibility index (Phi) is 4.77. The first-order chi connectivity index (χ1) is 9.13. The van der Waals surface area contributed by atoms with Crippen molar-refractivity contribution in [1.82, 2.24) is 5.32 Å². The highest BCUT2D eigenvalue weighted by Gasteiger charge is 2.23. The molecule has 106 valence electrons. The number of rotatable bonds is 4. The molecule has 1 N–H and O–H groups in total. The highest BCUT2D eigenvalue weighted by molar-refractivity contribution is 5.56. The third kappa shape index (κ3) is 3.25. The van der Waals surface area contributed by atoms with Crippen molar-refractivity contribution in [2.75, 3.05) is 31.2 Å². The van der Waals surface area contributed by atoms with Crippen molar-refractivity contribution >= 4 is 5.69 Å².